The lowest BCUT2D eigenvalue weighted by atomic mass is 10.1. The van der Waals surface area contributed by atoms with Crippen molar-refractivity contribution in [2.45, 2.75) is 50.9 Å². The standard InChI is InChI=1S/C19H23N3O2/c1-13-6-2-5-9-16(13)19(23)22-11-10-15(12-22)18-20-17(21-24-18)14-7-3-4-8-14/h2,5-6,9,14-15H,3-4,7-8,10-12H2,1H3. The summed E-state index contributed by atoms with van der Waals surface area (Å²) in [5, 5.41) is 4.20. The number of rotatable bonds is 3. The summed E-state index contributed by atoms with van der Waals surface area (Å²) in [6.45, 7) is 3.39. The lowest BCUT2D eigenvalue weighted by Crippen LogP contribution is -2.29. The van der Waals surface area contributed by atoms with Crippen molar-refractivity contribution in [2.75, 3.05) is 13.1 Å². The van der Waals surface area contributed by atoms with Gasteiger partial charge in [0.15, 0.2) is 5.82 Å². The number of nitrogens with zero attached hydrogens (tertiary/aromatic N) is 3. The molecule has 1 aliphatic heterocycles. The molecule has 1 saturated heterocycles. The van der Waals surface area contributed by atoms with Crippen molar-refractivity contribution >= 4 is 5.91 Å². The highest BCUT2D eigenvalue weighted by Gasteiger charge is 2.33. The molecular weight excluding hydrogens is 302 g/mol. The van der Waals surface area contributed by atoms with E-state index in [1.807, 2.05) is 36.1 Å². The third-order valence-electron chi connectivity index (χ3n) is 5.38. The Morgan fingerprint density at radius 1 is 1.17 bits per heavy atom. The fourth-order valence-corrected chi connectivity index (χ4v) is 3.89. The first-order valence-corrected chi connectivity index (χ1v) is 8.91. The maximum Gasteiger partial charge on any atom is 0.254 e. The monoisotopic (exact) mass is 325 g/mol. The summed E-state index contributed by atoms with van der Waals surface area (Å²) in [6.07, 6.45) is 5.75. The summed E-state index contributed by atoms with van der Waals surface area (Å²) >= 11 is 0. The van der Waals surface area contributed by atoms with E-state index in [-0.39, 0.29) is 11.8 Å². The minimum absolute atomic E-state index is 0.103. The highest BCUT2D eigenvalue weighted by Crippen LogP contribution is 2.34. The molecular formula is C19H23N3O2. The van der Waals surface area contributed by atoms with Gasteiger partial charge in [-0.1, -0.05) is 36.2 Å². The molecule has 2 aliphatic rings. The fourth-order valence-electron chi connectivity index (χ4n) is 3.89. The minimum atomic E-state index is 0.103. The van der Waals surface area contributed by atoms with Crippen molar-refractivity contribution in [2.24, 2.45) is 0 Å². The molecule has 2 fully saturated rings. The van der Waals surface area contributed by atoms with Gasteiger partial charge in [-0.3, -0.25) is 4.79 Å². The maximum absolute atomic E-state index is 12.7. The molecule has 24 heavy (non-hydrogen) atoms. The molecule has 1 aliphatic carbocycles. The topological polar surface area (TPSA) is 59.2 Å². The summed E-state index contributed by atoms with van der Waals surface area (Å²) < 4.78 is 5.52. The summed E-state index contributed by atoms with van der Waals surface area (Å²) in [5.41, 5.74) is 1.81. The second kappa shape index (κ2) is 6.38. The average Bonchev–Trinajstić information content (AvgIpc) is 3.33. The molecule has 1 unspecified atom stereocenters. The number of hydrogen-bond donors (Lipinski definition) is 0. The minimum Gasteiger partial charge on any atom is -0.339 e. The Morgan fingerprint density at radius 2 is 1.96 bits per heavy atom. The second-order valence-corrected chi connectivity index (χ2v) is 7.02. The van der Waals surface area contributed by atoms with E-state index in [1.165, 1.54) is 25.7 Å². The Balaban J connectivity index is 1.45. The van der Waals surface area contributed by atoms with Crippen LogP contribution in [0.4, 0.5) is 0 Å². The van der Waals surface area contributed by atoms with Crippen molar-refractivity contribution in [3.8, 4) is 0 Å². The number of carbonyl (C=O) groups is 1. The lowest BCUT2D eigenvalue weighted by molar-refractivity contribution is 0.0789. The fraction of sp³-hybridized carbons (Fsp3) is 0.526. The van der Waals surface area contributed by atoms with Crippen LogP contribution < -0.4 is 0 Å². The predicted octanol–water partition coefficient (Wildman–Crippen LogP) is 3.67. The number of benzene rings is 1. The van der Waals surface area contributed by atoms with Gasteiger partial charge in [0.25, 0.3) is 5.91 Å². The van der Waals surface area contributed by atoms with Crippen LogP contribution in [0.3, 0.4) is 0 Å². The smallest absolute Gasteiger partial charge is 0.254 e. The van der Waals surface area contributed by atoms with Gasteiger partial charge in [-0.15, -0.1) is 0 Å². The third-order valence-corrected chi connectivity index (χ3v) is 5.38. The normalized spacial score (nSPS) is 21.5. The van der Waals surface area contributed by atoms with Crippen LogP contribution in [0.25, 0.3) is 0 Å². The van der Waals surface area contributed by atoms with Crippen LogP contribution in [0.1, 0.15) is 71.6 Å². The number of aromatic nitrogens is 2. The number of amides is 1. The SMILES string of the molecule is Cc1ccccc1C(=O)N1CCC(c2nc(C3CCCC3)no2)C1. The van der Waals surface area contributed by atoms with Gasteiger partial charge >= 0.3 is 0 Å². The largest absolute Gasteiger partial charge is 0.339 e. The molecule has 1 amide bonds. The zero-order valence-corrected chi connectivity index (χ0v) is 14.1. The van der Waals surface area contributed by atoms with Gasteiger partial charge in [0.05, 0.1) is 5.92 Å². The van der Waals surface area contributed by atoms with E-state index in [4.69, 9.17) is 4.52 Å². The van der Waals surface area contributed by atoms with Crippen molar-refractivity contribution in [3.63, 3.8) is 0 Å². The summed E-state index contributed by atoms with van der Waals surface area (Å²) in [5.74, 6) is 2.31. The molecule has 1 atom stereocenters. The molecule has 126 valence electrons. The molecule has 1 saturated carbocycles. The van der Waals surface area contributed by atoms with E-state index in [1.54, 1.807) is 0 Å². The lowest BCUT2D eigenvalue weighted by Gasteiger charge is -2.17. The van der Waals surface area contributed by atoms with Crippen LogP contribution in [0.15, 0.2) is 28.8 Å². The number of aryl methyl sites for hydroxylation is 1. The summed E-state index contributed by atoms with van der Waals surface area (Å²) in [4.78, 5) is 19.3. The Labute approximate surface area is 142 Å². The zero-order valence-electron chi connectivity index (χ0n) is 14.1. The summed E-state index contributed by atoms with van der Waals surface area (Å²) in [6, 6.07) is 7.75. The van der Waals surface area contributed by atoms with E-state index in [9.17, 15) is 4.79 Å². The third kappa shape index (κ3) is 2.83. The molecule has 0 radical (unpaired) electrons. The Kier molecular flexibility index (Phi) is 4.08. The molecule has 0 spiro atoms. The first-order chi connectivity index (χ1) is 11.7. The first kappa shape index (κ1) is 15.4. The zero-order chi connectivity index (χ0) is 16.5. The van der Waals surface area contributed by atoms with Gasteiger partial charge in [-0.05, 0) is 37.8 Å². The van der Waals surface area contributed by atoms with Crippen molar-refractivity contribution < 1.29 is 9.32 Å². The molecule has 2 heterocycles. The maximum atomic E-state index is 12.7. The van der Waals surface area contributed by atoms with E-state index < -0.39 is 0 Å². The first-order valence-electron chi connectivity index (χ1n) is 8.91. The van der Waals surface area contributed by atoms with E-state index >= 15 is 0 Å². The highest BCUT2D eigenvalue weighted by atomic mass is 16.5. The molecule has 5 nitrogen and oxygen atoms in total. The van der Waals surface area contributed by atoms with Crippen LogP contribution in [0.2, 0.25) is 0 Å². The quantitative estimate of drug-likeness (QED) is 0.864. The Bertz CT molecular complexity index is 734. The van der Waals surface area contributed by atoms with Gasteiger partial charge in [0, 0.05) is 24.6 Å². The Morgan fingerprint density at radius 3 is 2.75 bits per heavy atom. The van der Waals surface area contributed by atoms with Crippen LogP contribution in [0, 0.1) is 6.92 Å². The highest BCUT2D eigenvalue weighted by molar-refractivity contribution is 5.95. The van der Waals surface area contributed by atoms with Crippen LogP contribution in [0.5, 0.6) is 0 Å². The molecule has 2 aromatic rings. The summed E-state index contributed by atoms with van der Waals surface area (Å²) in [7, 11) is 0. The van der Waals surface area contributed by atoms with E-state index in [0.717, 1.165) is 29.9 Å². The van der Waals surface area contributed by atoms with Crippen molar-refractivity contribution in [1.82, 2.24) is 15.0 Å². The molecule has 5 heteroatoms. The molecule has 4 rings (SSSR count). The molecule has 1 aromatic heterocycles. The van der Waals surface area contributed by atoms with Gasteiger partial charge in [0.2, 0.25) is 5.89 Å². The van der Waals surface area contributed by atoms with E-state index in [0.29, 0.717) is 18.4 Å². The van der Waals surface area contributed by atoms with Gasteiger partial charge in [0.1, 0.15) is 0 Å². The number of likely N-dealkylation sites (tertiary alicyclic amines) is 1. The number of carbonyl (C=O) groups excluding carboxylic acids is 1. The molecule has 0 bridgehead atoms. The van der Waals surface area contributed by atoms with Crippen molar-refractivity contribution in [1.29, 1.82) is 0 Å². The average molecular weight is 325 g/mol. The second-order valence-electron chi connectivity index (χ2n) is 7.02. The molecule has 1 aromatic carbocycles. The van der Waals surface area contributed by atoms with Crippen LogP contribution in [-0.2, 0) is 0 Å². The van der Waals surface area contributed by atoms with E-state index in [2.05, 4.69) is 10.1 Å². The van der Waals surface area contributed by atoms with Crippen LogP contribution >= 0.6 is 0 Å². The van der Waals surface area contributed by atoms with Crippen molar-refractivity contribution in [3.05, 3.63) is 47.1 Å². The van der Waals surface area contributed by atoms with Gasteiger partial charge < -0.3 is 9.42 Å². The molecule has 0 N–H and O–H groups in total. The predicted molar refractivity (Wildman–Crippen MR) is 89.9 cm³/mol. The van der Waals surface area contributed by atoms with Gasteiger partial charge in [-0.25, -0.2) is 0 Å². The number of hydrogen-bond acceptors (Lipinski definition) is 4. The van der Waals surface area contributed by atoms with Gasteiger partial charge in [-0.2, -0.15) is 4.98 Å². The Hall–Kier alpha value is -2.17. The van der Waals surface area contributed by atoms with Crippen LogP contribution in [-0.4, -0.2) is 34.0 Å².